The number of nitrogens with zero attached hydrogens (tertiary/aromatic N) is 2. The highest BCUT2D eigenvalue weighted by Crippen LogP contribution is 2.28. The van der Waals surface area contributed by atoms with Crippen LogP contribution >= 0.6 is 0 Å². The Bertz CT molecular complexity index is 265. The molecule has 0 saturated carbocycles. The van der Waals surface area contributed by atoms with Crippen molar-refractivity contribution in [3.8, 4) is 5.88 Å². The minimum atomic E-state index is 0.354. The van der Waals surface area contributed by atoms with Crippen molar-refractivity contribution < 1.29 is 5.11 Å². The summed E-state index contributed by atoms with van der Waals surface area (Å²) in [6.07, 6.45) is 3.17. The Labute approximate surface area is 59.3 Å². The van der Waals surface area contributed by atoms with Crippen LogP contribution in [0.3, 0.4) is 0 Å². The molecule has 0 fully saturated rings. The van der Waals surface area contributed by atoms with Crippen molar-refractivity contribution in [1.82, 2.24) is 9.78 Å². The fourth-order valence-corrected chi connectivity index (χ4v) is 1.50. The van der Waals surface area contributed by atoms with E-state index in [0.717, 1.165) is 30.5 Å². The molecule has 1 aliphatic rings. The van der Waals surface area contributed by atoms with Crippen LogP contribution in [0.2, 0.25) is 0 Å². The van der Waals surface area contributed by atoms with Gasteiger partial charge in [-0.1, -0.05) is 0 Å². The predicted octanol–water partition coefficient (Wildman–Crippen LogP) is 0.614. The Morgan fingerprint density at radius 3 is 3.00 bits per heavy atom. The third-order valence-corrected chi connectivity index (χ3v) is 2.04. The number of hydrogen-bond donors (Lipinski definition) is 1. The molecule has 3 nitrogen and oxygen atoms in total. The van der Waals surface area contributed by atoms with Crippen molar-refractivity contribution in [2.45, 2.75) is 19.3 Å². The zero-order valence-electron chi connectivity index (χ0n) is 5.96. The van der Waals surface area contributed by atoms with Gasteiger partial charge in [-0.15, -0.1) is 0 Å². The molecule has 0 saturated heterocycles. The Balaban J connectivity index is 2.59. The monoisotopic (exact) mass is 138 g/mol. The molecule has 0 bridgehead atoms. The molecule has 0 spiro atoms. The Morgan fingerprint density at radius 1 is 1.50 bits per heavy atom. The molecule has 0 atom stereocenters. The first-order valence-electron chi connectivity index (χ1n) is 3.53. The van der Waals surface area contributed by atoms with Gasteiger partial charge in [0.15, 0.2) is 0 Å². The first-order chi connectivity index (χ1) is 4.79. The van der Waals surface area contributed by atoms with Crippen LogP contribution < -0.4 is 0 Å². The van der Waals surface area contributed by atoms with E-state index >= 15 is 0 Å². The molecule has 1 heterocycles. The maximum Gasteiger partial charge on any atom is 0.212 e. The summed E-state index contributed by atoms with van der Waals surface area (Å²) >= 11 is 0. The van der Waals surface area contributed by atoms with Gasteiger partial charge < -0.3 is 5.11 Å². The molecule has 3 heteroatoms. The van der Waals surface area contributed by atoms with Crippen LogP contribution in [-0.4, -0.2) is 14.9 Å². The third-order valence-electron chi connectivity index (χ3n) is 2.04. The first kappa shape index (κ1) is 5.77. The zero-order chi connectivity index (χ0) is 7.14. The predicted molar refractivity (Wildman–Crippen MR) is 36.9 cm³/mol. The van der Waals surface area contributed by atoms with Crippen molar-refractivity contribution in [2.24, 2.45) is 7.05 Å². The van der Waals surface area contributed by atoms with Crippen LogP contribution in [0, 0.1) is 0 Å². The lowest BCUT2D eigenvalue weighted by Crippen LogP contribution is -1.91. The summed E-state index contributed by atoms with van der Waals surface area (Å²) in [4.78, 5) is 0. The molecule has 0 aromatic carbocycles. The Morgan fingerprint density at radius 2 is 2.30 bits per heavy atom. The standard InChI is InChI=1S/C7H10N2O/c1-9-7(10)5-3-2-4-6(5)8-9/h10H,2-4H2,1H3. The van der Waals surface area contributed by atoms with E-state index in [1.54, 1.807) is 11.7 Å². The van der Waals surface area contributed by atoms with Gasteiger partial charge in [-0.25, -0.2) is 4.68 Å². The lowest BCUT2D eigenvalue weighted by molar-refractivity contribution is 0.412. The van der Waals surface area contributed by atoms with Gasteiger partial charge in [-0.3, -0.25) is 0 Å². The van der Waals surface area contributed by atoms with Crippen LogP contribution in [0.4, 0.5) is 0 Å². The summed E-state index contributed by atoms with van der Waals surface area (Å²) in [5.41, 5.74) is 2.14. The molecule has 10 heavy (non-hydrogen) atoms. The van der Waals surface area contributed by atoms with E-state index in [1.165, 1.54) is 0 Å². The molecule has 1 aliphatic carbocycles. The van der Waals surface area contributed by atoms with Gasteiger partial charge >= 0.3 is 0 Å². The average Bonchev–Trinajstić information content (AvgIpc) is 2.41. The molecular formula is C7H10N2O. The highest BCUT2D eigenvalue weighted by Gasteiger charge is 2.19. The lowest BCUT2D eigenvalue weighted by Gasteiger charge is -1.92. The van der Waals surface area contributed by atoms with Crippen molar-refractivity contribution in [3.05, 3.63) is 11.3 Å². The van der Waals surface area contributed by atoms with Crippen molar-refractivity contribution in [3.63, 3.8) is 0 Å². The summed E-state index contributed by atoms with van der Waals surface area (Å²) in [5.74, 6) is 0.354. The van der Waals surface area contributed by atoms with Gasteiger partial charge in [0.1, 0.15) is 0 Å². The lowest BCUT2D eigenvalue weighted by atomic mass is 10.3. The second-order valence-electron chi connectivity index (χ2n) is 2.73. The smallest absolute Gasteiger partial charge is 0.212 e. The van der Waals surface area contributed by atoms with Gasteiger partial charge in [0.25, 0.3) is 0 Å². The van der Waals surface area contributed by atoms with Crippen LogP contribution in [0.1, 0.15) is 17.7 Å². The van der Waals surface area contributed by atoms with E-state index in [4.69, 9.17) is 0 Å². The van der Waals surface area contributed by atoms with Crippen molar-refractivity contribution in [2.75, 3.05) is 0 Å². The van der Waals surface area contributed by atoms with E-state index < -0.39 is 0 Å². The van der Waals surface area contributed by atoms with E-state index in [-0.39, 0.29) is 0 Å². The molecule has 1 N–H and O–H groups in total. The Hall–Kier alpha value is -0.990. The van der Waals surface area contributed by atoms with Crippen molar-refractivity contribution in [1.29, 1.82) is 0 Å². The van der Waals surface area contributed by atoms with Gasteiger partial charge in [0.05, 0.1) is 5.69 Å². The molecule has 0 aliphatic heterocycles. The second kappa shape index (κ2) is 1.75. The number of aromatic nitrogens is 2. The summed E-state index contributed by atoms with van der Waals surface area (Å²) in [7, 11) is 1.77. The van der Waals surface area contributed by atoms with Gasteiger partial charge in [-0.05, 0) is 19.3 Å². The quantitative estimate of drug-likeness (QED) is 0.570. The van der Waals surface area contributed by atoms with E-state index in [1.807, 2.05) is 0 Å². The molecule has 0 unspecified atom stereocenters. The van der Waals surface area contributed by atoms with Crippen LogP contribution in [-0.2, 0) is 19.9 Å². The molecule has 0 radical (unpaired) electrons. The molecule has 54 valence electrons. The van der Waals surface area contributed by atoms with E-state index in [9.17, 15) is 5.11 Å². The first-order valence-corrected chi connectivity index (χ1v) is 3.53. The Kier molecular flexibility index (Phi) is 1.01. The number of aromatic hydroxyl groups is 1. The highest BCUT2D eigenvalue weighted by molar-refractivity contribution is 5.33. The fourth-order valence-electron chi connectivity index (χ4n) is 1.50. The second-order valence-corrected chi connectivity index (χ2v) is 2.73. The van der Waals surface area contributed by atoms with Crippen LogP contribution in [0.5, 0.6) is 5.88 Å². The maximum absolute atomic E-state index is 9.36. The zero-order valence-corrected chi connectivity index (χ0v) is 5.96. The van der Waals surface area contributed by atoms with E-state index in [2.05, 4.69) is 5.10 Å². The fraction of sp³-hybridized carbons (Fsp3) is 0.571. The SMILES string of the molecule is Cn1nc2c(c1O)CCC2. The average molecular weight is 138 g/mol. The van der Waals surface area contributed by atoms with Gasteiger partial charge in [0.2, 0.25) is 5.88 Å². The van der Waals surface area contributed by atoms with Gasteiger partial charge in [-0.2, -0.15) is 5.10 Å². The number of hydrogen-bond acceptors (Lipinski definition) is 2. The topological polar surface area (TPSA) is 38.0 Å². The maximum atomic E-state index is 9.36. The van der Waals surface area contributed by atoms with Crippen LogP contribution in [0.25, 0.3) is 0 Å². The number of fused-ring (bicyclic) bond motifs is 1. The minimum absolute atomic E-state index is 0.354. The van der Waals surface area contributed by atoms with Crippen LogP contribution in [0.15, 0.2) is 0 Å². The van der Waals surface area contributed by atoms with E-state index in [0.29, 0.717) is 5.88 Å². The molecule has 0 amide bonds. The summed E-state index contributed by atoms with van der Waals surface area (Å²) in [6, 6.07) is 0. The summed E-state index contributed by atoms with van der Waals surface area (Å²) in [6.45, 7) is 0. The molecule has 2 rings (SSSR count). The third kappa shape index (κ3) is 0.574. The normalized spacial score (nSPS) is 15.7. The number of aryl methyl sites for hydroxylation is 2. The molecule has 1 aromatic heterocycles. The summed E-state index contributed by atoms with van der Waals surface area (Å²) < 4.78 is 1.55. The highest BCUT2D eigenvalue weighted by atomic mass is 16.3. The summed E-state index contributed by atoms with van der Waals surface area (Å²) in [5, 5.41) is 13.5. The minimum Gasteiger partial charge on any atom is -0.493 e. The molecule has 1 aromatic rings. The largest absolute Gasteiger partial charge is 0.493 e. The number of rotatable bonds is 0. The van der Waals surface area contributed by atoms with Crippen molar-refractivity contribution >= 4 is 0 Å². The van der Waals surface area contributed by atoms with Gasteiger partial charge in [0, 0.05) is 12.6 Å². The molecular weight excluding hydrogens is 128 g/mol.